The van der Waals surface area contributed by atoms with Crippen LogP contribution >= 0.6 is 0 Å². The summed E-state index contributed by atoms with van der Waals surface area (Å²) in [5, 5.41) is 2.66. The fourth-order valence-corrected chi connectivity index (χ4v) is 4.61. The fourth-order valence-electron chi connectivity index (χ4n) is 4.61. The molecule has 0 bridgehead atoms. The van der Waals surface area contributed by atoms with E-state index in [1.165, 1.54) is 103 Å². The normalized spacial score (nSPS) is 12.2. The van der Waals surface area contributed by atoms with Crippen LogP contribution in [0.1, 0.15) is 155 Å². The molecule has 1 rings (SSSR count). The number of benzene rings is 1. The van der Waals surface area contributed by atoms with Crippen LogP contribution in [0, 0.1) is 0 Å². The van der Waals surface area contributed by atoms with Gasteiger partial charge < -0.3 is 14.8 Å². The first kappa shape index (κ1) is 34.0. The van der Waals surface area contributed by atoms with Crippen molar-refractivity contribution >= 4 is 12.1 Å². The van der Waals surface area contributed by atoms with Crippen LogP contribution in [-0.4, -0.2) is 24.3 Å². The van der Waals surface area contributed by atoms with E-state index in [9.17, 15) is 9.59 Å². The Kier molecular flexibility index (Phi) is 19.5. The number of ether oxygens (including phenoxy) is 2. The molecule has 1 aromatic carbocycles. The van der Waals surface area contributed by atoms with E-state index in [0.717, 1.165) is 12.8 Å². The van der Waals surface area contributed by atoms with Gasteiger partial charge in [-0.3, -0.25) is 0 Å². The molecule has 0 aromatic heterocycles. The lowest BCUT2D eigenvalue weighted by Gasteiger charge is -2.23. The highest BCUT2D eigenvalue weighted by Gasteiger charge is 2.26. The van der Waals surface area contributed by atoms with Crippen LogP contribution in [0.15, 0.2) is 30.3 Å². The van der Waals surface area contributed by atoms with Crippen molar-refractivity contribution < 1.29 is 19.1 Å². The van der Waals surface area contributed by atoms with Crippen LogP contribution in [0.3, 0.4) is 0 Å². The van der Waals surface area contributed by atoms with E-state index < -0.39 is 23.7 Å². The van der Waals surface area contributed by atoms with Gasteiger partial charge in [-0.2, -0.15) is 0 Å². The second-order valence-electron chi connectivity index (χ2n) is 11.7. The molecule has 0 aliphatic rings. The lowest BCUT2D eigenvalue weighted by atomic mass is 10.0. The summed E-state index contributed by atoms with van der Waals surface area (Å²) < 4.78 is 10.8. The van der Waals surface area contributed by atoms with E-state index in [1.54, 1.807) is 32.9 Å². The van der Waals surface area contributed by atoms with Crippen LogP contribution in [0.4, 0.5) is 4.79 Å². The SMILES string of the molecule is CCCCCCCCCCCCCCCCCCCCOC(=O)[C@@H](NC(=O)OC(C)(C)C)c1ccccc1. The lowest BCUT2D eigenvalue weighted by Crippen LogP contribution is -2.38. The predicted octanol–water partition coefficient (Wildman–Crippen LogP) is 9.84. The number of rotatable bonds is 22. The van der Waals surface area contributed by atoms with Crippen molar-refractivity contribution in [2.24, 2.45) is 0 Å². The molecule has 5 heteroatoms. The molecule has 0 radical (unpaired) electrons. The molecule has 0 unspecified atom stereocenters. The Hall–Kier alpha value is -2.04. The van der Waals surface area contributed by atoms with Gasteiger partial charge in [0.25, 0.3) is 0 Å². The standard InChI is InChI=1S/C33H57NO4/c1-5-6-7-8-9-10-11-12-13-14-15-16-17-18-19-20-21-25-28-37-31(35)30(29-26-23-22-24-27-29)34-32(36)38-33(2,3)4/h22-24,26-27,30H,5-21,25,28H2,1-4H3,(H,34,36)/t30-/m0/s1. The van der Waals surface area contributed by atoms with E-state index in [1.807, 2.05) is 18.2 Å². The summed E-state index contributed by atoms with van der Waals surface area (Å²) in [6.07, 6.45) is 23.2. The molecule has 0 heterocycles. The second-order valence-corrected chi connectivity index (χ2v) is 11.7. The van der Waals surface area contributed by atoms with Gasteiger partial charge in [0.2, 0.25) is 0 Å². The molecule has 1 aromatic rings. The molecule has 0 spiro atoms. The van der Waals surface area contributed by atoms with Crippen molar-refractivity contribution in [2.45, 2.75) is 155 Å². The van der Waals surface area contributed by atoms with Gasteiger partial charge in [0.15, 0.2) is 6.04 Å². The highest BCUT2D eigenvalue weighted by atomic mass is 16.6. The molecule has 1 N–H and O–H groups in total. The van der Waals surface area contributed by atoms with Crippen LogP contribution < -0.4 is 5.32 Å². The molecule has 0 saturated heterocycles. The number of nitrogens with one attached hydrogen (secondary N) is 1. The number of esters is 1. The summed E-state index contributed by atoms with van der Waals surface area (Å²) in [4.78, 5) is 25.0. The maximum Gasteiger partial charge on any atom is 0.408 e. The summed E-state index contributed by atoms with van der Waals surface area (Å²) in [5.41, 5.74) is 0.0449. The Morgan fingerprint density at radius 3 is 1.53 bits per heavy atom. The summed E-state index contributed by atoms with van der Waals surface area (Å²) in [7, 11) is 0. The van der Waals surface area contributed by atoms with Gasteiger partial charge in [-0.25, -0.2) is 9.59 Å². The van der Waals surface area contributed by atoms with Gasteiger partial charge in [0.1, 0.15) is 5.60 Å². The Morgan fingerprint density at radius 1 is 0.684 bits per heavy atom. The summed E-state index contributed by atoms with van der Waals surface area (Å²) in [6, 6.07) is 8.28. The molecule has 38 heavy (non-hydrogen) atoms. The summed E-state index contributed by atoms with van der Waals surface area (Å²) in [5.74, 6) is -0.450. The van der Waals surface area contributed by atoms with Gasteiger partial charge in [-0.1, -0.05) is 146 Å². The highest BCUT2D eigenvalue weighted by Crippen LogP contribution is 2.18. The predicted molar refractivity (Wildman–Crippen MR) is 158 cm³/mol. The van der Waals surface area contributed by atoms with Gasteiger partial charge >= 0.3 is 12.1 Å². The van der Waals surface area contributed by atoms with Crippen molar-refractivity contribution in [1.82, 2.24) is 5.32 Å². The van der Waals surface area contributed by atoms with E-state index in [4.69, 9.17) is 9.47 Å². The number of hydrogen-bond donors (Lipinski definition) is 1. The van der Waals surface area contributed by atoms with Crippen LogP contribution in [-0.2, 0) is 14.3 Å². The van der Waals surface area contributed by atoms with Crippen molar-refractivity contribution in [2.75, 3.05) is 6.61 Å². The van der Waals surface area contributed by atoms with E-state index in [2.05, 4.69) is 12.2 Å². The van der Waals surface area contributed by atoms with Crippen molar-refractivity contribution in [3.05, 3.63) is 35.9 Å². The second kappa shape index (κ2) is 21.8. The molecule has 218 valence electrons. The molecular formula is C33H57NO4. The molecule has 0 saturated carbocycles. The average molecular weight is 532 g/mol. The third-order valence-electron chi connectivity index (χ3n) is 6.77. The molecule has 0 aliphatic heterocycles. The zero-order chi connectivity index (χ0) is 27.9. The fraction of sp³-hybridized carbons (Fsp3) is 0.758. The summed E-state index contributed by atoms with van der Waals surface area (Å²) >= 11 is 0. The Balaban J connectivity index is 2.05. The minimum absolute atomic E-state index is 0.372. The van der Waals surface area contributed by atoms with Gasteiger partial charge in [-0.05, 0) is 32.8 Å². The number of carbonyl (C=O) groups excluding carboxylic acids is 2. The maximum atomic E-state index is 12.7. The highest BCUT2D eigenvalue weighted by molar-refractivity contribution is 5.82. The van der Waals surface area contributed by atoms with Crippen LogP contribution in [0.25, 0.3) is 0 Å². The first-order valence-electron chi connectivity index (χ1n) is 15.5. The third-order valence-corrected chi connectivity index (χ3v) is 6.77. The van der Waals surface area contributed by atoms with E-state index in [-0.39, 0.29) is 0 Å². The first-order chi connectivity index (χ1) is 18.3. The monoisotopic (exact) mass is 531 g/mol. The quantitative estimate of drug-likeness (QED) is 0.119. The maximum absolute atomic E-state index is 12.7. The van der Waals surface area contributed by atoms with Crippen LogP contribution in [0.5, 0.6) is 0 Å². The first-order valence-corrected chi connectivity index (χ1v) is 15.5. The Bertz CT molecular complexity index is 713. The largest absolute Gasteiger partial charge is 0.464 e. The lowest BCUT2D eigenvalue weighted by molar-refractivity contribution is -0.146. The zero-order valence-corrected chi connectivity index (χ0v) is 25.0. The molecule has 0 fully saturated rings. The van der Waals surface area contributed by atoms with Crippen molar-refractivity contribution in [1.29, 1.82) is 0 Å². The number of alkyl carbamates (subject to hydrolysis) is 1. The van der Waals surface area contributed by atoms with Crippen LogP contribution in [0.2, 0.25) is 0 Å². The third kappa shape index (κ3) is 19.1. The summed E-state index contributed by atoms with van der Waals surface area (Å²) in [6.45, 7) is 8.03. The minimum atomic E-state index is -0.874. The number of amides is 1. The average Bonchev–Trinajstić information content (AvgIpc) is 2.88. The van der Waals surface area contributed by atoms with E-state index >= 15 is 0 Å². The Morgan fingerprint density at radius 2 is 1.11 bits per heavy atom. The molecular weight excluding hydrogens is 474 g/mol. The van der Waals surface area contributed by atoms with Gasteiger partial charge in [0.05, 0.1) is 6.61 Å². The van der Waals surface area contributed by atoms with Crippen molar-refractivity contribution in [3.63, 3.8) is 0 Å². The Labute approximate surface area is 233 Å². The van der Waals surface area contributed by atoms with Crippen molar-refractivity contribution in [3.8, 4) is 0 Å². The topological polar surface area (TPSA) is 64.6 Å². The number of carbonyl (C=O) groups is 2. The van der Waals surface area contributed by atoms with Gasteiger partial charge in [0, 0.05) is 0 Å². The smallest absolute Gasteiger partial charge is 0.408 e. The molecule has 0 aliphatic carbocycles. The zero-order valence-electron chi connectivity index (χ0n) is 25.0. The number of unbranched alkanes of at least 4 members (excludes halogenated alkanes) is 17. The molecule has 1 amide bonds. The van der Waals surface area contributed by atoms with E-state index in [0.29, 0.717) is 12.2 Å². The minimum Gasteiger partial charge on any atom is -0.464 e. The molecule has 5 nitrogen and oxygen atoms in total. The number of hydrogen-bond acceptors (Lipinski definition) is 4. The van der Waals surface area contributed by atoms with Gasteiger partial charge in [-0.15, -0.1) is 0 Å². The molecule has 1 atom stereocenters.